The minimum absolute atomic E-state index is 0.0881. The van der Waals surface area contributed by atoms with Crippen LogP contribution in [0.1, 0.15) is 26.2 Å². The summed E-state index contributed by atoms with van der Waals surface area (Å²) in [4.78, 5) is 11.5. The zero-order valence-electron chi connectivity index (χ0n) is 9.07. The highest BCUT2D eigenvalue weighted by Crippen LogP contribution is 2.06. The third kappa shape index (κ3) is 4.15. The van der Waals surface area contributed by atoms with E-state index in [-0.39, 0.29) is 18.1 Å². The first-order valence-electron chi connectivity index (χ1n) is 5.50. The second kappa shape index (κ2) is 6.05. The van der Waals surface area contributed by atoms with Crippen molar-refractivity contribution in [1.82, 2.24) is 10.6 Å². The largest absolute Gasteiger partial charge is 0.393 e. The van der Waals surface area contributed by atoms with Gasteiger partial charge in [-0.25, -0.2) is 0 Å². The molecule has 5 heteroatoms. The fourth-order valence-corrected chi connectivity index (χ4v) is 1.61. The maximum absolute atomic E-state index is 11.5. The van der Waals surface area contributed by atoms with Gasteiger partial charge in [0.2, 0.25) is 5.91 Å². The molecule has 0 bridgehead atoms. The number of carbonyl (C=O) groups excluding carboxylic acids is 1. The molecule has 88 valence electrons. The number of aliphatic hydroxyl groups excluding tert-OH is 2. The molecule has 0 aromatic rings. The van der Waals surface area contributed by atoms with Gasteiger partial charge in [0.05, 0.1) is 18.2 Å². The molecule has 4 N–H and O–H groups in total. The number of β-amino-alcohol motifs (C(OH)–C–C–N with tert-alkyl or cyclic N) is 1. The van der Waals surface area contributed by atoms with Gasteiger partial charge in [0.25, 0.3) is 0 Å². The van der Waals surface area contributed by atoms with Crippen LogP contribution in [0.15, 0.2) is 0 Å². The number of nitrogens with one attached hydrogen (secondary N) is 2. The number of amides is 1. The molecule has 0 saturated carbocycles. The normalized spacial score (nSPS) is 27.7. The SMILES string of the molecule is CCC(O)CCNC(=O)C1CC(O)CN1. The summed E-state index contributed by atoms with van der Waals surface area (Å²) < 4.78 is 0. The number of hydrogen-bond donors (Lipinski definition) is 4. The van der Waals surface area contributed by atoms with E-state index in [1.807, 2.05) is 6.92 Å². The zero-order valence-corrected chi connectivity index (χ0v) is 9.07. The lowest BCUT2D eigenvalue weighted by molar-refractivity contribution is -0.123. The minimum atomic E-state index is -0.415. The molecule has 0 radical (unpaired) electrons. The summed E-state index contributed by atoms with van der Waals surface area (Å²) in [6.07, 6.45) is 1.00. The molecule has 15 heavy (non-hydrogen) atoms. The Bertz CT molecular complexity index is 211. The summed E-state index contributed by atoms with van der Waals surface area (Å²) in [5.41, 5.74) is 0. The molecule has 0 spiro atoms. The first kappa shape index (κ1) is 12.4. The molecular weight excluding hydrogens is 196 g/mol. The molecule has 1 amide bonds. The van der Waals surface area contributed by atoms with Gasteiger partial charge in [-0.2, -0.15) is 0 Å². The Morgan fingerprint density at radius 1 is 1.67 bits per heavy atom. The van der Waals surface area contributed by atoms with Crippen LogP contribution >= 0.6 is 0 Å². The van der Waals surface area contributed by atoms with E-state index < -0.39 is 6.10 Å². The van der Waals surface area contributed by atoms with Gasteiger partial charge in [0.1, 0.15) is 0 Å². The first-order chi connectivity index (χ1) is 7.13. The fourth-order valence-electron chi connectivity index (χ4n) is 1.61. The summed E-state index contributed by atoms with van der Waals surface area (Å²) in [5, 5.41) is 24.2. The van der Waals surface area contributed by atoms with E-state index in [2.05, 4.69) is 10.6 Å². The third-order valence-corrected chi connectivity index (χ3v) is 2.67. The summed E-state index contributed by atoms with van der Waals surface area (Å²) in [7, 11) is 0. The van der Waals surface area contributed by atoms with E-state index in [1.54, 1.807) is 0 Å². The second-order valence-electron chi connectivity index (χ2n) is 3.99. The molecule has 1 fully saturated rings. The lowest BCUT2D eigenvalue weighted by atomic mass is 10.2. The molecule has 0 aromatic heterocycles. The number of aliphatic hydroxyl groups is 2. The van der Waals surface area contributed by atoms with Crippen molar-refractivity contribution in [3.8, 4) is 0 Å². The predicted octanol–water partition coefficient (Wildman–Crippen LogP) is -1.01. The predicted molar refractivity (Wildman–Crippen MR) is 56.3 cm³/mol. The minimum Gasteiger partial charge on any atom is -0.393 e. The van der Waals surface area contributed by atoms with Crippen LogP contribution in [0.4, 0.5) is 0 Å². The van der Waals surface area contributed by atoms with Crippen molar-refractivity contribution in [2.45, 2.75) is 44.4 Å². The first-order valence-corrected chi connectivity index (χ1v) is 5.50. The summed E-state index contributed by atoms with van der Waals surface area (Å²) in [6.45, 7) is 2.87. The van der Waals surface area contributed by atoms with Crippen molar-refractivity contribution in [1.29, 1.82) is 0 Å². The molecule has 3 unspecified atom stereocenters. The quantitative estimate of drug-likeness (QED) is 0.474. The van der Waals surface area contributed by atoms with Crippen LogP contribution in [0.25, 0.3) is 0 Å². The van der Waals surface area contributed by atoms with Crippen LogP contribution in [0.5, 0.6) is 0 Å². The molecule has 1 heterocycles. The third-order valence-electron chi connectivity index (χ3n) is 2.67. The maximum atomic E-state index is 11.5. The van der Waals surface area contributed by atoms with Gasteiger partial charge in [-0.3, -0.25) is 4.79 Å². The van der Waals surface area contributed by atoms with Crippen LogP contribution < -0.4 is 10.6 Å². The van der Waals surface area contributed by atoms with E-state index >= 15 is 0 Å². The average molecular weight is 216 g/mol. The van der Waals surface area contributed by atoms with Crippen LogP contribution in [-0.2, 0) is 4.79 Å². The lowest BCUT2D eigenvalue weighted by Crippen LogP contribution is -2.41. The molecule has 5 nitrogen and oxygen atoms in total. The van der Waals surface area contributed by atoms with Crippen molar-refractivity contribution >= 4 is 5.91 Å². The van der Waals surface area contributed by atoms with E-state index in [4.69, 9.17) is 0 Å². The van der Waals surface area contributed by atoms with Crippen LogP contribution in [-0.4, -0.2) is 47.5 Å². The monoisotopic (exact) mass is 216 g/mol. The Kier molecular flexibility index (Phi) is 5.01. The zero-order chi connectivity index (χ0) is 11.3. The summed E-state index contributed by atoms with van der Waals surface area (Å²) in [5.74, 6) is -0.0881. The van der Waals surface area contributed by atoms with Gasteiger partial charge >= 0.3 is 0 Å². The smallest absolute Gasteiger partial charge is 0.237 e. The van der Waals surface area contributed by atoms with Crippen molar-refractivity contribution in [2.75, 3.05) is 13.1 Å². The van der Waals surface area contributed by atoms with Crippen LogP contribution in [0.3, 0.4) is 0 Å². The number of rotatable bonds is 5. The maximum Gasteiger partial charge on any atom is 0.237 e. The van der Waals surface area contributed by atoms with Crippen LogP contribution in [0.2, 0.25) is 0 Å². The fraction of sp³-hybridized carbons (Fsp3) is 0.900. The van der Waals surface area contributed by atoms with Crippen molar-refractivity contribution in [3.05, 3.63) is 0 Å². The van der Waals surface area contributed by atoms with Gasteiger partial charge < -0.3 is 20.8 Å². The lowest BCUT2D eigenvalue weighted by Gasteiger charge is -2.12. The van der Waals surface area contributed by atoms with Crippen LogP contribution in [0, 0.1) is 0 Å². The average Bonchev–Trinajstić information content (AvgIpc) is 2.64. The van der Waals surface area contributed by atoms with Gasteiger partial charge in [-0.1, -0.05) is 6.92 Å². The molecule has 0 aliphatic carbocycles. The van der Waals surface area contributed by atoms with E-state index in [1.165, 1.54) is 0 Å². The number of carbonyl (C=O) groups is 1. The van der Waals surface area contributed by atoms with Gasteiger partial charge in [-0.05, 0) is 19.3 Å². The molecule has 1 rings (SSSR count). The summed E-state index contributed by atoms with van der Waals surface area (Å²) in [6, 6.07) is -0.279. The molecular formula is C10H20N2O3. The summed E-state index contributed by atoms with van der Waals surface area (Å²) >= 11 is 0. The van der Waals surface area contributed by atoms with Crippen molar-refractivity contribution in [3.63, 3.8) is 0 Å². The molecule has 1 saturated heterocycles. The van der Waals surface area contributed by atoms with E-state index in [9.17, 15) is 15.0 Å². The van der Waals surface area contributed by atoms with Crippen molar-refractivity contribution in [2.24, 2.45) is 0 Å². The van der Waals surface area contributed by atoms with Gasteiger partial charge in [0.15, 0.2) is 0 Å². The topological polar surface area (TPSA) is 81.6 Å². The standard InChI is InChI=1S/C10H20N2O3/c1-2-7(13)3-4-11-10(15)9-5-8(14)6-12-9/h7-9,12-14H,2-6H2,1H3,(H,11,15). The molecule has 1 aliphatic heterocycles. The van der Waals surface area contributed by atoms with Crippen molar-refractivity contribution < 1.29 is 15.0 Å². The van der Waals surface area contributed by atoms with Gasteiger partial charge in [-0.15, -0.1) is 0 Å². The highest BCUT2D eigenvalue weighted by Gasteiger charge is 2.27. The Balaban J connectivity index is 2.13. The Morgan fingerprint density at radius 3 is 2.93 bits per heavy atom. The second-order valence-corrected chi connectivity index (χ2v) is 3.99. The molecule has 3 atom stereocenters. The highest BCUT2D eigenvalue weighted by atomic mass is 16.3. The number of hydrogen-bond acceptors (Lipinski definition) is 4. The molecule has 0 aromatic carbocycles. The highest BCUT2D eigenvalue weighted by molar-refractivity contribution is 5.82. The Labute approximate surface area is 89.9 Å². The van der Waals surface area contributed by atoms with E-state index in [0.29, 0.717) is 32.4 Å². The van der Waals surface area contributed by atoms with Gasteiger partial charge in [0, 0.05) is 13.1 Å². The van der Waals surface area contributed by atoms with E-state index in [0.717, 1.165) is 0 Å². The Morgan fingerprint density at radius 2 is 2.40 bits per heavy atom. The molecule has 1 aliphatic rings. The Hall–Kier alpha value is -0.650.